The molecule has 1 rings (SSSR count). The van der Waals surface area contributed by atoms with Gasteiger partial charge in [0.15, 0.2) is 11.6 Å². The molecule has 0 saturated heterocycles. The molecular formula is C6H6F3N3O2S. The summed E-state index contributed by atoms with van der Waals surface area (Å²) in [5.74, 6) is -2.38. The minimum Gasteiger partial charge on any atom is -0.381 e. The zero-order chi connectivity index (χ0) is 11.8. The number of alkyl halides is 2. The van der Waals surface area contributed by atoms with Gasteiger partial charge in [-0.25, -0.2) is 31.7 Å². The molecule has 0 aliphatic heterocycles. The molecule has 0 aliphatic rings. The van der Waals surface area contributed by atoms with Crippen LogP contribution in [0, 0.1) is 5.82 Å². The van der Waals surface area contributed by atoms with E-state index in [2.05, 4.69) is 10.1 Å². The Morgan fingerprint density at radius 2 is 1.93 bits per heavy atom. The van der Waals surface area contributed by atoms with Crippen molar-refractivity contribution >= 4 is 15.8 Å². The van der Waals surface area contributed by atoms with Gasteiger partial charge in [-0.15, -0.1) is 0 Å². The summed E-state index contributed by atoms with van der Waals surface area (Å²) >= 11 is 0. The smallest absolute Gasteiger partial charge is 0.268 e. The molecule has 0 radical (unpaired) electrons. The van der Waals surface area contributed by atoms with E-state index < -0.39 is 38.5 Å². The number of primary sulfonamides is 1. The SMILES string of the molecule is Nc1ncc(S(N)(=O)=O)c(C(F)F)c1F. The third-order valence-electron chi connectivity index (χ3n) is 1.57. The van der Waals surface area contributed by atoms with E-state index in [1.54, 1.807) is 0 Å². The predicted molar refractivity (Wildman–Crippen MR) is 44.9 cm³/mol. The van der Waals surface area contributed by atoms with Crippen molar-refractivity contribution in [1.29, 1.82) is 0 Å². The highest BCUT2D eigenvalue weighted by Crippen LogP contribution is 2.29. The van der Waals surface area contributed by atoms with Crippen LogP contribution in [0.15, 0.2) is 11.1 Å². The number of aromatic nitrogens is 1. The fourth-order valence-electron chi connectivity index (χ4n) is 0.931. The molecule has 84 valence electrons. The van der Waals surface area contributed by atoms with Crippen LogP contribution in [0.5, 0.6) is 0 Å². The van der Waals surface area contributed by atoms with Crippen LogP contribution in [0.4, 0.5) is 19.0 Å². The second-order valence-electron chi connectivity index (χ2n) is 2.58. The zero-order valence-corrected chi connectivity index (χ0v) is 7.93. The van der Waals surface area contributed by atoms with E-state index in [0.717, 1.165) is 0 Å². The second kappa shape index (κ2) is 3.66. The van der Waals surface area contributed by atoms with Crippen molar-refractivity contribution in [2.24, 2.45) is 5.14 Å². The molecule has 5 nitrogen and oxygen atoms in total. The van der Waals surface area contributed by atoms with Crippen molar-refractivity contribution in [2.45, 2.75) is 11.3 Å². The van der Waals surface area contributed by atoms with Gasteiger partial charge in [0, 0.05) is 0 Å². The van der Waals surface area contributed by atoms with Crippen molar-refractivity contribution in [3.63, 3.8) is 0 Å². The topological polar surface area (TPSA) is 99.1 Å². The Morgan fingerprint density at radius 3 is 2.33 bits per heavy atom. The number of pyridine rings is 1. The maximum absolute atomic E-state index is 13.1. The molecule has 1 aromatic heterocycles. The predicted octanol–water partition coefficient (Wildman–Crippen LogP) is 0.388. The molecule has 1 aromatic rings. The van der Waals surface area contributed by atoms with E-state index in [0.29, 0.717) is 6.20 Å². The lowest BCUT2D eigenvalue weighted by Gasteiger charge is -2.08. The molecule has 1 heterocycles. The number of rotatable bonds is 2. The molecule has 0 amide bonds. The van der Waals surface area contributed by atoms with Crippen molar-refractivity contribution in [3.8, 4) is 0 Å². The van der Waals surface area contributed by atoms with Crippen molar-refractivity contribution in [1.82, 2.24) is 4.98 Å². The first-order valence-electron chi connectivity index (χ1n) is 3.50. The summed E-state index contributed by atoms with van der Waals surface area (Å²) in [5.41, 5.74) is 3.56. The number of nitrogens with two attached hydrogens (primary N) is 2. The Morgan fingerprint density at radius 1 is 1.40 bits per heavy atom. The monoisotopic (exact) mass is 241 g/mol. The van der Waals surface area contributed by atoms with Crippen LogP contribution in [-0.2, 0) is 10.0 Å². The molecule has 9 heteroatoms. The van der Waals surface area contributed by atoms with Crippen molar-refractivity contribution < 1.29 is 21.6 Å². The Bertz CT molecular complexity index is 489. The van der Waals surface area contributed by atoms with Gasteiger partial charge in [0.25, 0.3) is 6.43 Å². The summed E-state index contributed by atoms with van der Waals surface area (Å²) in [5, 5.41) is 4.61. The Labute approximate surface area is 83.0 Å². The van der Waals surface area contributed by atoms with Gasteiger partial charge in [-0.1, -0.05) is 0 Å². The Kier molecular flexibility index (Phi) is 2.86. The zero-order valence-electron chi connectivity index (χ0n) is 7.12. The molecule has 0 saturated carbocycles. The van der Waals surface area contributed by atoms with Crippen LogP contribution in [0.1, 0.15) is 12.0 Å². The minimum absolute atomic E-state index is 0.495. The third-order valence-corrected chi connectivity index (χ3v) is 2.51. The highest BCUT2D eigenvalue weighted by molar-refractivity contribution is 7.89. The number of sulfonamides is 1. The molecule has 0 fully saturated rings. The first-order valence-corrected chi connectivity index (χ1v) is 5.04. The maximum atomic E-state index is 13.1. The third kappa shape index (κ3) is 2.18. The van der Waals surface area contributed by atoms with Crippen LogP contribution < -0.4 is 10.9 Å². The average Bonchev–Trinajstić information content (AvgIpc) is 2.06. The van der Waals surface area contributed by atoms with Gasteiger partial charge in [-0.3, -0.25) is 0 Å². The van der Waals surface area contributed by atoms with Crippen LogP contribution in [-0.4, -0.2) is 13.4 Å². The van der Waals surface area contributed by atoms with Crippen LogP contribution in [0.2, 0.25) is 0 Å². The summed E-state index contributed by atoms with van der Waals surface area (Å²) < 4.78 is 59.4. The molecule has 0 spiro atoms. The molecule has 15 heavy (non-hydrogen) atoms. The molecule has 0 unspecified atom stereocenters. The molecular weight excluding hydrogens is 235 g/mol. The summed E-state index contributed by atoms with van der Waals surface area (Å²) in [6.45, 7) is 0. The average molecular weight is 241 g/mol. The number of hydrogen-bond acceptors (Lipinski definition) is 4. The van der Waals surface area contributed by atoms with Crippen LogP contribution >= 0.6 is 0 Å². The quantitative estimate of drug-likeness (QED) is 0.782. The summed E-state index contributed by atoms with van der Waals surface area (Å²) in [7, 11) is -4.46. The fourth-order valence-corrected chi connectivity index (χ4v) is 1.62. The number of nitrogens with zero attached hydrogens (tertiary/aromatic N) is 1. The summed E-state index contributed by atoms with van der Waals surface area (Å²) in [4.78, 5) is 2.03. The molecule has 0 aliphatic carbocycles. The fraction of sp³-hybridized carbons (Fsp3) is 0.167. The molecule has 0 bridgehead atoms. The van der Waals surface area contributed by atoms with E-state index in [9.17, 15) is 21.6 Å². The highest BCUT2D eigenvalue weighted by atomic mass is 32.2. The van der Waals surface area contributed by atoms with E-state index >= 15 is 0 Å². The van der Waals surface area contributed by atoms with Gasteiger partial charge >= 0.3 is 0 Å². The van der Waals surface area contributed by atoms with Gasteiger partial charge in [0.05, 0.1) is 11.8 Å². The molecule has 0 atom stereocenters. The first-order chi connectivity index (χ1) is 6.75. The van der Waals surface area contributed by atoms with Crippen LogP contribution in [0.25, 0.3) is 0 Å². The standard InChI is InChI=1S/C6H6F3N3O2S/c7-4-3(5(8)9)2(15(11,13)14)1-12-6(4)10/h1,5H,(H2,10,12)(H2,11,13,14). The number of nitrogen functional groups attached to an aromatic ring is 1. The number of halogens is 3. The first kappa shape index (κ1) is 11.7. The van der Waals surface area contributed by atoms with E-state index in [4.69, 9.17) is 5.73 Å². The largest absolute Gasteiger partial charge is 0.381 e. The van der Waals surface area contributed by atoms with Gasteiger partial charge in [-0.2, -0.15) is 0 Å². The van der Waals surface area contributed by atoms with Crippen molar-refractivity contribution in [3.05, 3.63) is 17.6 Å². The van der Waals surface area contributed by atoms with Crippen molar-refractivity contribution in [2.75, 3.05) is 5.73 Å². The van der Waals surface area contributed by atoms with E-state index in [1.807, 2.05) is 0 Å². The van der Waals surface area contributed by atoms with Gasteiger partial charge in [0.1, 0.15) is 4.90 Å². The van der Waals surface area contributed by atoms with Crippen LogP contribution in [0.3, 0.4) is 0 Å². The lowest BCUT2D eigenvalue weighted by Crippen LogP contribution is -2.17. The van der Waals surface area contributed by atoms with Gasteiger partial charge < -0.3 is 5.73 Å². The van der Waals surface area contributed by atoms with E-state index in [-0.39, 0.29) is 0 Å². The Hall–Kier alpha value is -1.35. The minimum atomic E-state index is -4.46. The van der Waals surface area contributed by atoms with Gasteiger partial charge in [0.2, 0.25) is 10.0 Å². The summed E-state index contributed by atoms with van der Waals surface area (Å²) in [6.07, 6.45) is -2.85. The number of anilines is 1. The van der Waals surface area contributed by atoms with E-state index in [1.165, 1.54) is 0 Å². The summed E-state index contributed by atoms with van der Waals surface area (Å²) in [6, 6.07) is 0. The maximum Gasteiger partial charge on any atom is 0.268 e. The second-order valence-corrected chi connectivity index (χ2v) is 4.11. The molecule has 0 aromatic carbocycles. The number of hydrogen-bond donors (Lipinski definition) is 2. The molecule has 4 N–H and O–H groups in total. The normalized spacial score (nSPS) is 12.1. The lowest BCUT2D eigenvalue weighted by atomic mass is 10.2. The lowest BCUT2D eigenvalue weighted by molar-refractivity contribution is 0.142. The van der Waals surface area contributed by atoms with Gasteiger partial charge in [-0.05, 0) is 0 Å². The highest BCUT2D eigenvalue weighted by Gasteiger charge is 2.26. The Balaban J connectivity index is 3.62.